The molecule has 0 spiro atoms. The van der Waals surface area contributed by atoms with Crippen LogP contribution in [-0.2, 0) is 6.54 Å². The van der Waals surface area contributed by atoms with Gasteiger partial charge in [0.2, 0.25) is 0 Å². The zero-order chi connectivity index (χ0) is 15.9. The molecule has 2 N–H and O–H groups in total. The predicted octanol–water partition coefficient (Wildman–Crippen LogP) is 3.28. The number of aliphatic hydroxyl groups excluding tert-OH is 1. The minimum Gasteiger partial charge on any atom is -0.387 e. The lowest BCUT2D eigenvalue weighted by Crippen LogP contribution is -2.39. The Kier molecular flexibility index (Phi) is 6.22. The Morgan fingerprint density at radius 3 is 2.61 bits per heavy atom. The molecule has 1 atom stereocenters. The van der Waals surface area contributed by atoms with Gasteiger partial charge in [-0.05, 0) is 55.4 Å². The second-order valence-electron chi connectivity index (χ2n) is 6.38. The van der Waals surface area contributed by atoms with Crippen LogP contribution in [0, 0.1) is 5.92 Å². The number of rotatable bonds is 7. The van der Waals surface area contributed by atoms with Gasteiger partial charge in [-0.3, -0.25) is 0 Å². The number of hydrogen-bond acceptors (Lipinski definition) is 4. The van der Waals surface area contributed by atoms with Gasteiger partial charge in [0, 0.05) is 18.0 Å². The number of nitrogens with zero attached hydrogens (tertiary/aromatic N) is 1. The molecule has 0 amide bonds. The van der Waals surface area contributed by atoms with Gasteiger partial charge in [-0.25, -0.2) is 0 Å². The van der Waals surface area contributed by atoms with Gasteiger partial charge in [0.25, 0.3) is 0 Å². The molecule has 1 fully saturated rings. The van der Waals surface area contributed by atoms with E-state index in [9.17, 15) is 5.11 Å². The third kappa shape index (κ3) is 5.15. The normalized spacial score (nSPS) is 18.1. The predicted molar refractivity (Wildman–Crippen MR) is 96.6 cm³/mol. The quantitative estimate of drug-likeness (QED) is 0.818. The first kappa shape index (κ1) is 16.7. The fourth-order valence-electron chi connectivity index (χ4n) is 3.21. The maximum absolute atomic E-state index is 10.3. The third-order valence-electron chi connectivity index (χ3n) is 4.63. The molecule has 0 aliphatic carbocycles. The SMILES string of the molecule is O[C@H](CN1CCC(CNCc2cccs2)CC1)c1ccccc1. The molecule has 0 bridgehead atoms. The molecule has 3 nitrogen and oxygen atoms in total. The highest BCUT2D eigenvalue weighted by molar-refractivity contribution is 7.09. The van der Waals surface area contributed by atoms with E-state index in [1.54, 1.807) is 0 Å². The van der Waals surface area contributed by atoms with E-state index < -0.39 is 0 Å². The molecule has 1 aliphatic heterocycles. The molecule has 23 heavy (non-hydrogen) atoms. The molecular formula is C19H26N2OS. The first-order valence-electron chi connectivity index (χ1n) is 8.50. The highest BCUT2D eigenvalue weighted by atomic mass is 32.1. The summed E-state index contributed by atoms with van der Waals surface area (Å²) in [5.74, 6) is 0.764. The summed E-state index contributed by atoms with van der Waals surface area (Å²) >= 11 is 1.82. The lowest BCUT2D eigenvalue weighted by atomic mass is 9.96. The Labute approximate surface area is 143 Å². The van der Waals surface area contributed by atoms with Gasteiger partial charge in [0.05, 0.1) is 6.10 Å². The zero-order valence-corrected chi connectivity index (χ0v) is 14.3. The Bertz CT molecular complexity index is 550. The van der Waals surface area contributed by atoms with Gasteiger partial charge in [0.15, 0.2) is 0 Å². The van der Waals surface area contributed by atoms with Crippen molar-refractivity contribution in [1.29, 1.82) is 0 Å². The molecule has 1 aromatic carbocycles. The molecule has 0 radical (unpaired) electrons. The fourth-order valence-corrected chi connectivity index (χ4v) is 3.89. The topological polar surface area (TPSA) is 35.5 Å². The minimum absolute atomic E-state index is 0.371. The number of nitrogens with one attached hydrogen (secondary N) is 1. The summed E-state index contributed by atoms with van der Waals surface area (Å²) in [6.07, 6.45) is 2.07. The summed E-state index contributed by atoms with van der Waals surface area (Å²) in [5.41, 5.74) is 1.02. The molecule has 0 unspecified atom stereocenters. The van der Waals surface area contributed by atoms with Crippen molar-refractivity contribution in [2.45, 2.75) is 25.5 Å². The van der Waals surface area contributed by atoms with E-state index in [0.717, 1.165) is 44.2 Å². The Hall–Kier alpha value is -1.20. The van der Waals surface area contributed by atoms with Crippen LogP contribution in [0.5, 0.6) is 0 Å². The average Bonchev–Trinajstić information content (AvgIpc) is 3.11. The van der Waals surface area contributed by atoms with Gasteiger partial charge < -0.3 is 15.3 Å². The maximum atomic E-state index is 10.3. The maximum Gasteiger partial charge on any atom is 0.0916 e. The van der Waals surface area contributed by atoms with E-state index in [4.69, 9.17) is 0 Å². The lowest BCUT2D eigenvalue weighted by molar-refractivity contribution is 0.0891. The van der Waals surface area contributed by atoms with E-state index in [-0.39, 0.29) is 6.10 Å². The Morgan fingerprint density at radius 2 is 1.91 bits per heavy atom. The number of piperidine rings is 1. The molecule has 0 saturated carbocycles. The van der Waals surface area contributed by atoms with Crippen LogP contribution in [0.25, 0.3) is 0 Å². The average molecular weight is 330 g/mol. The van der Waals surface area contributed by atoms with Crippen molar-refractivity contribution in [3.05, 3.63) is 58.3 Å². The summed E-state index contributed by atoms with van der Waals surface area (Å²) in [6, 6.07) is 14.3. The van der Waals surface area contributed by atoms with Crippen molar-refractivity contribution in [1.82, 2.24) is 10.2 Å². The summed E-state index contributed by atoms with van der Waals surface area (Å²) in [5, 5.41) is 16.0. The third-order valence-corrected chi connectivity index (χ3v) is 5.51. The molecule has 3 rings (SSSR count). The second-order valence-corrected chi connectivity index (χ2v) is 7.41. The van der Waals surface area contributed by atoms with Crippen molar-refractivity contribution in [2.75, 3.05) is 26.2 Å². The van der Waals surface area contributed by atoms with E-state index in [1.807, 2.05) is 41.7 Å². The zero-order valence-electron chi connectivity index (χ0n) is 13.5. The monoisotopic (exact) mass is 330 g/mol. The van der Waals surface area contributed by atoms with Crippen LogP contribution >= 0.6 is 11.3 Å². The van der Waals surface area contributed by atoms with Gasteiger partial charge >= 0.3 is 0 Å². The first-order valence-corrected chi connectivity index (χ1v) is 9.37. The largest absolute Gasteiger partial charge is 0.387 e. The van der Waals surface area contributed by atoms with E-state index >= 15 is 0 Å². The molecule has 1 saturated heterocycles. The van der Waals surface area contributed by atoms with Crippen LogP contribution in [0.1, 0.15) is 29.4 Å². The van der Waals surface area contributed by atoms with Crippen LogP contribution in [0.3, 0.4) is 0 Å². The van der Waals surface area contributed by atoms with Gasteiger partial charge in [-0.2, -0.15) is 0 Å². The first-order chi connectivity index (χ1) is 11.3. The molecule has 4 heteroatoms. The molecule has 2 aromatic rings. The van der Waals surface area contributed by atoms with Gasteiger partial charge in [-0.15, -0.1) is 11.3 Å². The minimum atomic E-state index is -0.371. The van der Waals surface area contributed by atoms with Crippen LogP contribution in [-0.4, -0.2) is 36.2 Å². The summed E-state index contributed by atoms with van der Waals surface area (Å²) in [4.78, 5) is 3.81. The summed E-state index contributed by atoms with van der Waals surface area (Å²) in [7, 11) is 0. The van der Waals surface area contributed by atoms with Gasteiger partial charge in [0.1, 0.15) is 0 Å². The van der Waals surface area contributed by atoms with Crippen molar-refractivity contribution >= 4 is 11.3 Å². The number of benzene rings is 1. The molecule has 2 heterocycles. The number of likely N-dealkylation sites (tertiary alicyclic amines) is 1. The van der Waals surface area contributed by atoms with Gasteiger partial charge in [-0.1, -0.05) is 36.4 Å². The van der Waals surface area contributed by atoms with Crippen molar-refractivity contribution in [3.63, 3.8) is 0 Å². The van der Waals surface area contributed by atoms with Crippen LogP contribution in [0.2, 0.25) is 0 Å². The highest BCUT2D eigenvalue weighted by Gasteiger charge is 2.21. The fraction of sp³-hybridized carbons (Fsp3) is 0.474. The standard InChI is InChI=1S/C19H26N2OS/c22-19(17-5-2-1-3-6-17)15-21-10-8-16(9-11-21)13-20-14-18-7-4-12-23-18/h1-7,12,16,19-20,22H,8-11,13-15H2/t19-/m1/s1. The number of thiophene rings is 1. The molecule has 124 valence electrons. The van der Waals surface area contributed by atoms with Crippen LogP contribution < -0.4 is 5.32 Å². The Morgan fingerprint density at radius 1 is 1.13 bits per heavy atom. The van der Waals surface area contributed by atoms with Crippen molar-refractivity contribution < 1.29 is 5.11 Å². The number of hydrogen-bond donors (Lipinski definition) is 2. The van der Waals surface area contributed by atoms with Crippen LogP contribution in [0.4, 0.5) is 0 Å². The smallest absolute Gasteiger partial charge is 0.0916 e. The van der Waals surface area contributed by atoms with E-state index in [0.29, 0.717) is 0 Å². The second kappa shape index (κ2) is 8.60. The molecule has 1 aromatic heterocycles. The van der Waals surface area contributed by atoms with E-state index in [1.165, 1.54) is 17.7 Å². The van der Waals surface area contributed by atoms with Crippen molar-refractivity contribution in [2.24, 2.45) is 5.92 Å². The number of β-amino-alcohol motifs (C(OH)–C–C–N with tert-alkyl or cyclic N) is 1. The Balaban J connectivity index is 1.35. The van der Waals surface area contributed by atoms with Crippen LogP contribution in [0.15, 0.2) is 47.8 Å². The summed E-state index contributed by atoms with van der Waals surface area (Å²) < 4.78 is 0. The molecular weight excluding hydrogens is 304 g/mol. The molecule has 1 aliphatic rings. The highest BCUT2D eigenvalue weighted by Crippen LogP contribution is 2.20. The van der Waals surface area contributed by atoms with E-state index in [2.05, 4.69) is 27.7 Å². The number of aliphatic hydroxyl groups is 1. The lowest BCUT2D eigenvalue weighted by Gasteiger charge is -2.33. The summed E-state index contributed by atoms with van der Waals surface area (Å²) in [6.45, 7) is 5.03. The van der Waals surface area contributed by atoms with Crippen molar-refractivity contribution in [3.8, 4) is 0 Å².